The standard InChI is InChI=1S/C17H21ClO4/c1-12(13-2-4-14(18)5-3-13)16-8-11-20-17(22-21-16)9-6-15(19)7-10-17/h2-5,15-16,19H,1,6-11H2. The van der Waals surface area contributed by atoms with Crippen molar-refractivity contribution in [1.82, 2.24) is 0 Å². The van der Waals surface area contributed by atoms with Crippen molar-refractivity contribution in [3.05, 3.63) is 41.4 Å². The second-order valence-electron chi connectivity index (χ2n) is 5.98. The number of rotatable bonds is 2. The zero-order valence-electron chi connectivity index (χ0n) is 12.5. The van der Waals surface area contributed by atoms with Gasteiger partial charge in [-0.1, -0.05) is 30.3 Å². The minimum atomic E-state index is -0.714. The predicted octanol–water partition coefficient (Wildman–Crippen LogP) is 3.72. The molecule has 1 N–H and O–H groups in total. The van der Waals surface area contributed by atoms with Gasteiger partial charge in [0.25, 0.3) is 0 Å². The second-order valence-corrected chi connectivity index (χ2v) is 6.42. The first-order chi connectivity index (χ1) is 10.6. The van der Waals surface area contributed by atoms with Gasteiger partial charge >= 0.3 is 0 Å². The molecule has 5 heteroatoms. The molecule has 1 spiro atoms. The van der Waals surface area contributed by atoms with E-state index in [0.29, 0.717) is 43.7 Å². The van der Waals surface area contributed by atoms with Gasteiger partial charge < -0.3 is 9.84 Å². The summed E-state index contributed by atoms with van der Waals surface area (Å²) in [4.78, 5) is 11.3. The van der Waals surface area contributed by atoms with Crippen LogP contribution in [0.3, 0.4) is 0 Å². The van der Waals surface area contributed by atoms with Crippen molar-refractivity contribution < 1.29 is 19.6 Å². The summed E-state index contributed by atoms with van der Waals surface area (Å²) in [6, 6.07) is 7.51. The maximum Gasteiger partial charge on any atom is 0.201 e. The zero-order valence-corrected chi connectivity index (χ0v) is 13.2. The van der Waals surface area contributed by atoms with E-state index in [4.69, 9.17) is 26.1 Å². The van der Waals surface area contributed by atoms with E-state index in [1.165, 1.54) is 0 Å². The van der Waals surface area contributed by atoms with Crippen molar-refractivity contribution in [1.29, 1.82) is 0 Å². The Balaban J connectivity index is 1.65. The van der Waals surface area contributed by atoms with Crippen LogP contribution >= 0.6 is 11.6 Å². The lowest BCUT2D eigenvalue weighted by Crippen LogP contribution is -2.40. The number of aliphatic hydroxyl groups is 1. The summed E-state index contributed by atoms with van der Waals surface area (Å²) in [6.45, 7) is 4.67. The van der Waals surface area contributed by atoms with Gasteiger partial charge in [0.2, 0.25) is 5.79 Å². The summed E-state index contributed by atoms with van der Waals surface area (Å²) in [5, 5.41) is 10.3. The molecule has 0 amide bonds. The molecule has 3 rings (SSSR count). The Morgan fingerprint density at radius 3 is 2.55 bits per heavy atom. The van der Waals surface area contributed by atoms with Crippen molar-refractivity contribution in [3.63, 3.8) is 0 Å². The minimum Gasteiger partial charge on any atom is -0.393 e. The van der Waals surface area contributed by atoms with Gasteiger partial charge in [0.05, 0.1) is 12.7 Å². The van der Waals surface area contributed by atoms with E-state index in [9.17, 15) is 5.11 Å². The summed E-state index contributed by atoms with van der Waals surface area (Å²) in [5.41, 5.74) is 1.83. The molecular formula is C17H21ClO4. The quantitative estimate of drug-likeness (QED) is 0.842. The molecule has 0 aromatic heterocycles. The first-order valence-electron chi connectivity index (χ1n) is 7.69. The Bertz CT molecular complexity index is 520. The fourth-order valence-electron chi connectivity index (χ4n) is 2.92. The van der Waals surface area contributed by atoms with Gasteiger partial charge in [-0.05, 0) is 36.1 Å². The second kappa shape index (κ2) is 6.69. The molecule has 0 bridgehead atoms. The van der Waals surface area contributed by atoms with Crippen LogP contribution in [-0.4, -0.2) is 29.7 Å². The van der Waals surface area contributed by atoms with E-state index in [-0.39, 0.29) is 12.2 Å². The molecule has 0 radical (unpaired) electrons. The Morgan fingerprint density at radius 2 is 1.86 bits per heavy atom. The molecule has 120 valence electrons. The average molecular weight is 325 g/mol. The number of ether oxygens (including phenoxy) is 1. The normalized spacial score (nSPS) is 32.6. The van der Waals surface area contributed by atoms with Gasteiger partial charge in [0, 0.05) is 24.3 Å². The summed E-state index contributed by atoms with van der Waals surface area (Å²) in [6.07, 6.45) is 2.82. The van der Waals surface area contributed by atoms with E-state index in [2.05, 4.69) is 6.58 Å². The molecule has 1 saturated heterocycles. The molecule has 1 heterocycles. The maximum absolute atomic E-state index is 9.63. The number of aliphatic hydroxyl groups excluding tert-OH is 1. The van der Waals surface area contributed by atoms with Crippen LogP contribution in [0.4, 0.5) is 0 Å². The molecule has 2 aliphatic rings. The van der Waals surface area contributed by atoms with Crippen LogP contribution in [0, 0.1) is 0 Å². The third-order valence-corrected chi connectivity index (χ3v) is 4.63. The lowest BCUT2D eigenvalue weighted by atomic mass is 9.92. The third kappa shape index (κ3) is 3.53. The Labute approximate surface area is 135 Å². The zero-order chi connectivity index (χ0) is 15.6. The van der Waals surface area contributed by atoms with Crippen LogP contribution < -0.4 is 0 Å². The van der Waals surface area contributed by atoms with Gasteiger partial charge in [-0.3, -0.25) is 0 Å². The molecule has 1 unspecified atom stereocenters. The van der Waals surface area contributed by atoms with Crippen LogP contribution in [0.25, 0.3) is 5.57 Å². The fraction of sp³-hybridized carbons (Fsp3) is 0.529. The molecule has 1 aliphatic heterocycles. The molecule has 4 nitrogen and oxygen atoms in total. The highest BCUT2D eigenvalue weighted by molar-refractivity contribution is 6.30. The highest BCUT2D eigenvalue weighted by Crippen LogP contribution is 2.37. The SMILES string of the molecule is C=C(c1ccc(Cl)cc1)C1CCOC2(CCC(O)CC2)OO1. The molecule has 1 saturated carbocycles. The van der Waals surface area contributed by atoms with E-state index in [1.54, 1.807) is 0 Å². The summed E-state index contributed by atoms with van der Waals surface area (Å²) >= 11 is 5.91. The van der Waals surface area contributed by atoms with Gasteiger partial charge in [-0.15, -0.1) is 0 Å². The van der Waals surface area contributed by atoms with Crippen LogP contribution in [0.5, 0.6) is 0 Å². The van der Waals surface area contributed by atoms with Crippen LogP contribution in [0.2, 0.25) is 5.02 Å². The maximum atomic E-state index is 9.63. The van der Waals surface area contributed by atoms with Gasteiger partial charge in [0.15, 0.2) is 0 Å². The number of halogens is 1. The Kier molecular flexibility index (Phi) is 4.85. The molecule has 1 aliphatic carbocycles. The highest BCUT2D eigenvalue weighted by Gasteiger charge is 2.41. The lowest BCUT2D eigenvalue weighted by Gasteiger charge is -2.35. The molecule has 1 aromatic carbocycles. The minimum absolute atomic E-state index is 0.243. The summed E-state index contributed by atoms with van der Waals surface area (Å²) in [7, 11) is 0. The van der Waals surface area contributed by atoms with E-state index >= 15 is 0 Å². The van der Waals surface area contributed by atoms with Crippen LogP contribution in [0.15, 0.2) is 30.8 Å². The molecule has 22 heavy (non-hydrogen) atoms. The van der Waals surface area contributed by atoms with Crippen LogP contribution in [-0.2, 0) is 14.5 Å². The average Bonchev–Trinajstić information content (AvgIpc) is 2.74. The smallest absolute Gasteiger partial charge is 0.201 e. The topological polar surface area (TPSA) is 47.9 Å². The lowest BCUT2D eigenvalue weighted by molar-refractivity contribution is -0.431. The highest BCUT2D eigenvalue weighted by atomic mass is 35.5. The monoisotopic (exact) mass is 324 g/mol. The van der Waals surface area contributed by atoms with Crippen molar-refractivity contribution in [2.24, 2.45) is 0 Å². The van der Waals surface area contributed by atoms with Crippen molar-refractivity contribution in [2.75, 3.05) is 6.61 Å². The third-order valence-electron chi connectivity index (χ3n) is 4.38. The summed E-state index contributed by atoms with van der Waals surface area (Å²) < 4.78 is 5.89. The molecule has 2 fully saturated rings. The molecular weight excluding hydrogens is 304 g/mol. The van der Waals surface area contributed by atoms with E-state index < -0.39 is 5.79 Å². The number of hydrogen-bond acceptors (Lipinski definition) is 4. The van der Waals surface area contributed by atoms with E-state index in [0.717, 1.165) is 11.1 Å². The predicted molar refractivity (Wildman–Crippen MR) is 84.2 cm³/mol. The first kappa shape index (κ1) is 16.0. The van der Waals surface area contributed by atoms with Gasteiger partial charge in [0.1, 0.15) is 6.10 Å². The summed E-state index contributed by atoms with van der Waals surface area (Å²) in [5.74, 6) is -0.714. The fourth-order valence-corrected chi connectivity index (χ4v) is 3.05. The van der Waals surface area contributed by atoms with E-state index in [1.807, 2.05) is 24.3 Å². The van der Waals surface area contributed by atoms with Crippen molar-refractivity contribution in [2.45, 2.75) is 50.1 Å². The Hall–Kier alpha value is -0.910. The van der Waals surface area contributed by atoms with Gasteiger partial charge in [-0.2, -0.15) is 0 Å². The first-order valence-corrected chi connectivity index (χ1v) is 8.07. The largest absolute Gasteiger partial charge is 0.393 e. The van der Waals surface area contributed by atoms with Crippen LogP contribution in [0.1, 0.15) is 37.7 Å². The Morgan fingerprint density at radius 1 is 1.18 bits per heavy atom. The number of benzene rings is 1. The molecule has 1 atom stereocenters. The van der Waals surface area contributed by atoms with Crippen molar-refractivity contribution in [3.8, 4) is 0 Å². The van der Waals surface area contributed by atoms with Gasteiger partial charge in [-0.25, -0.2) is 9.78 Å². The van der Waals surface area contributed by atoms with Crippen molar-refractivity contribution >= 4 is 17.2 Å². The number of hydrogen-bond donors (Lipinski definition) is 1. The molecule has 1 aromatic rings.